The lowest BCUT2D eigenvalue weighted by atomic mass is 9.68. The van der Waals surface area contributed by atoms with E-state index in [0.29, 0.717) is 30.3 Å². The molecule has 2 N–H and O–H groups in total. The maximum absolute atomic E-state index is 13.2. The number of ether oxygens (including phenoxy) is 1. The van der Waals surface area contributed by atoms with Crippen LogP contribution >= 0.6 is 11.6 Å². The molecule has 1 saturated carbocycles. The Morgan fingerprint density at radius 2 is 1.97 bits per heavy atom. The lowest BCUT2D eigenvalue weighted by molar-refractivity contribution is 0.00910. The fourth-order valence-corrected chi connectivity index (χ4v) is 8.65. The monoisotopic (exact) mass is 570 g/mol. The molecular weight excluding hydrogens is 532 g/mol. The van der Waals surface area contributed by atoms with Crippen LogP contribution in [0, 0.1) is 11.8 Å². The van der Waals surface area contributed by atoms with E-state index in [-0.39, 0.29) is 23.3 Å². The van der Waals surface area contributed by atoms with Gasteiger partial charge in [-0.3, -0.25) is 9.52 Å². The van der Waals surface area contributed by atoms with Gasteiger partial charge in [0.1, 0.15) is 5.75 Å². The summed E-state index contributed by atoms with van der Waals surface area (Å²) in [6.07, 6.45) is 8.13. The molecule has 0 aromatic heterocycles. The lowest BCUT2D eigenvalue weighted by Crippen LogP contribution is -2.49. The summed E-state index contributed by atoms with van der Waals surface area (Å²) in [5.74, 6) is 5.24. The van der Waals surface area contributed by atoms with Crippen molar-refractivity contribution in [1.29, 1.82) is 0 Å². The summed E-state index contributed by atoms with van der Waals surface area (Å²) in [6, 6.07) is 11.8. The molecule has 1 amide bonds. The lowest BCUT2D eigenvalue weighted by Gasteiger charge is -2.45. The van der Waals surface area contributed by atoms with E-state index in [1.54, 1.807) is 6.07 Å². The van der Waals surface area contributed by atoms with Gasteiger partial charge in [-0.25, -0.2) is 4.21 Å². The maximum atomic E-state index is 13.2. The molecule has 0 saturated heterocycles. The Balaban J connectivity index is 1.40. The van der Waals surface area contributed by atoms with Crippen molar-refractivity contribution in [3.05, 3.63) is 58.1 Å². The minimum absolute atomic E-state index is 0.194. The van der Waals surface area contributed by atoms with Crippen LogP contribution < -0.4 is 14.4 Å². The second-order valence-electron chi connectivity index (χ2n) is 12.2. The van der Waals surface area contributed by atoms with E-state index in [1.807, 2.05) is 18.2 Å². The average Bonchev–Trinajstić information content (AvgIpc) is 3.02. The Hall–Kier alpha value is -2.22. The van der Waals surface area contributed by atoms with Crippen LogP contribution in [-0.2, 0) is 21.5 Å². The van der Waals surface area contributed by atoms with Gasteiger partial charge in [0, 0.05) is 44.6 Å². The minimum atomic E-state index is -2.75. The standard InChI is InChI=1S/C31H39ClN2O4S/c1-39(37)15-4-2-3-7-28(35)25-11-8-23(25)18-34-19-31(14-5-6-21-16-24(32)10-12-26(21)31)20-38-29-13-9-22(17-27(29)34)30(36)33-39/h9-10,12-13,16-17,23,25,28,35H,1-8,11,14-15,18-20H2,(H,33,36,37)/t23-,25+,28+,31-,39?/m0/s1. The maximum Gasteiger partial charge on any atom is 0.262 e. The molecule has 1 fully saturated rings. The van der Waals surface area contributed by atoms with Gasteiger partial charge in [0.05, 0.1) is 18.4 Å². The van der Waals surface area contributed by atoms with Crippen LogP contribution in [0.1, 0.15) is 72.9 Å². The van der Waals surface area contributed by atoms with Crippen molar-refractivity contribution in [3.8, 4) is 5.75 Å². The molecule has 5 atom stereocenters. The van der Waals surface area contributed by atoms with Crippen molar-refractivity contribution >= 4 is 38.8 Å². The number of hydrogen-bond acceptors (Lipinski definition) is 5. The largest absolute Gasteiger partial charge is 0.490 e. The highest BCUT2D eigenvalue weighted by molar-refractivity contribution is 7.99. The number of aliphatic hydroxyl groups is 1. The number of nitrogens with one attached hydrogen (secondary N) is 1. The Morgan fingerprint density at radius 1 is 1.10 bits per heavy atom. The molecular formula is C31H39ClN2O4S. The molecule has 2 aliphatic carbocycles. The number of anilines is 1. The summed E-state index contributed by atoms with van der Waals surface area (Å²) < 4.78 is 22.3. The van der Waals surface area contributed by atoms with Crippen LogP contribution in [-0.4, -0.2) is 52.6 Å². The van der Waals surface area contributed by atoms with Crippen LogP contribution in [0.15, 0.2) is 36.4 Å². The zero-order chi connectivity index (χ0) is 27.2. The second kappa shape index (κ2) is 10.6. The molecule has 4 aliphatic rings. The number of nitrogens with zero attached hydrogens (tertiary/aromatic N) is 1. The van der Waals surface area contributed by atoms with Crippen LogP contribution in [0.3, 0.4) is 0 Å². The van der Waals surface area contributed by atoms with E-state index in [1.165, 1.54) is 11.1 Å². The third-order valence-corrected chi connectivity index (χ3v) is 11.2. The van der Waals surface area contributed by atoms with Crippen molar-refractivity contribution < 1.29 is 18.8 Å². The molecule has 2 bridgehead atoms. The fraction of sp³-hybridized carbons (Fsp3) is 0.548. The highest BCUT2D eigenvalue weighted by Gasteiger charge is 2.44. The number of aliphatic hydroxyl groups excluding tert-OH is 1. The predicted octanol–water partition coefficient (Wildman–Crippen LogP) is 5.14. The Kier molecular flexibility index (Phi) is 7.36. The smallest absolute Gasteiger partial charge is 0.262 e. The number of carbonyl (C=O) groups excluding carboxylic acids is 1. The molecule has 2 aliphatic heterocycles. The number of hydrogen-bond donors (Lipinski definition) is 2. The average molecular weight is 571 g/mol. The van der Waals surface area contributed by atoms with E-state index in [0.717, 1.165) is 80.9 Å². The number of carbonyl (C=O) groups is 1. The molecule has 6 rings (SSSR count). The molecule has 1 unspecified atom stereocenters. The molecule has 0 radical (unpaired) electrons. The summed E-state index contributed by atoms with van der Waals surface area (Å²) in [4.78, 5) is 15.6. The Bertz CT molecular complexity index is 1360. The summed E-state index contributed by atoms with van der Waals surface area (Å²) in [6.45, 7) is 2.13. The van der Waals surface area contributed by atoms with E-state index in [9.17, 15) is 14.1 Å². The molecule has 2 aromatic carbocycles. The van der Waals surface area contributed by atoms with Gasteiger partial charge in [-0.05, 0) is 104 Å². The van der Waals surface area contributed by atoms with E-state index < -0.39 is 9.71 Å². The molecule has 2 aromatic rings. The normalized spacial score (nSPS) is 33.1. The molecule has 2 heterocycles. The number of benzene rings is 2. The van der Waals surface area contributed by atoms with Gasteiger partial charge in [0.25, 0.3) is 5.91 Å². The van der Waals surface area contributed by atoms with Gasteiger partial charge in [-0.1, -0.05) is 30.5 Å². The molecule has 1 spiro atoms. The van der Waals surface area contributed by atoms with E-state index in [2.05, 4.69) is 27.6 Å². The Morgan fingerprint density at radius 3 is 2.79 bits per heavy atom. The van der Waals surface area contributed by atoms with Gasteiger partial charge < -0.3 is 14.7 Å². The number of amides is 1. The van der Waals surface area contributed by atoms with Crippen LogP contribution in [0.4, 0.5) is 5.69 Å². The quantitative estimate of drug-likeness (QED) is 0.429. The third kappa shape index (κ3) is 5.42. The summed E-state index contributed by atoms with van der Waals surface area (Å²) in [5, 5.41) is 11.8. The minimum Gasteiger partial charge on any atom is -0.490 e. The molecule has 210 valence electrons. The molecule has 6 nitrogen and oxygen atoms in total. The first-order chi connectivity index (χ1) is 18.7. The predicted molar refractivity (Wildman–Crippen MR) is 159 cm³/mol. The third-order valence-electron chi connectivity index (χ3n) is 9.48. The highest BCUT2D eigenvalue weighted by atomic mass is 35.5. The highest BCUT2D eigenvalue weighted by Crippen LogP contribution is 2.47. The first kappa shape index (κ1) is 27.0. The number of aryl methyl sites for hydroxylation is 1. The Labute approximate surface area is 237 Å². The van der Waals surface area contributed by atoms with Gasteiger partial charge in [0.15, 0.2) is 0 Å². The summed E-state index contributed by atoms with van der Waals surface area (Å²) >= 11 is 6.38. The van der Waals surface area contributed by atoms with Crippen molar-refractivity contribution in [3.63, 3.8) is 0 Å². The first-order valence-electron chi connectivity index (χ1n) is 14.4. The fourth-order valence-electron chi connectivity index (χ4n) is 7.22. The zero-order valence-electron chi connectivity index (χ0n) is 22.5. The van der Waals surface area contributed by atoms with Gasteiger partial charge >= 0.3 is 0 Å². The molecule has 8 heteroatoms. The SMILES string of the molecule is C=S1(=O)CCCCC[C@@H](O)[C@@H]2CC[C@H]2CN2C[C@@]3(CCCc4cc(Cl)ccc43)COc3ccc(cc32)C(=O)N1. The summed E-state index contributed by atoms with van der Waals surface area (Å²) in [7, 11) is -2.75. The van der Waals surface area contributed by atoms with Crippen molar-refractivity contribution in [1.82, 2.24) is 4.72 Å². The van der Waals surface area contributed by atoms with Crippen LogP contribution in [0.25, 0.3) is 0 Å². The van der Waals surface area contributed by atoms with Gasteiger partial charge in [-0.2, -0.15) is 0 Å². The van der Waals surface area contributed by atoms with Gasteiger partial charge in [-0.15, -0.1) is 0 Å². The van der Waals surface area contributed by atoms with Crippen molar-refractivity contribution in [2.45, 2.75) is 69.3 Å². The second-order valence-corrected chi connectivity index (χ2v) is 14.8. The van der Waals surface area contributed by atoms with Gasteiger partial charge in [0.2, 0.25) is 0 Å². The van der Waals surface area contributed by atoms with Crippen molar-refractivity contribution in [2.75, 3.05) is 30.3 Å². The zero-order valence-corrected chi connectivity index (χ0v) is 24.1. The number of halogens is 1. The van der Waals surface area contributed by atoms with Crippen molar-refractivity contribution in [2.24, 2.45) is 11.8 Å². The van der Waals surface area contributed by atoms with Crippen LogP contribution in [0.5, 0.6) is 5.75 Å². The number of rotatable bonds is 0. The topological polar surface area (TPSA) is 78.9 Å². The molecule has 39 heavy (non-hydrogen) atoms. The number of fused-ring (bicyclic) bond motifs is 4. The van der Waals surface area contributed by atoms with E-state index >= 15 is 0 Å². The summed E-state index contributed by atoms with van der Waals surface area (Å²) in [5.41, 5.74) is 3.75. The first-order valence-corrected chi connectivity index (χ1v) is 16.7. The van der Waals surface area contributed by atoms with Crippen LogP contribution in [0.2, 0.25) is 5.02 Å². The van der Waals surface area contributed by atoms with E-state index in [4.69, 9.17) is 16.3 Å².